The van der Waals surface area contributed by atoms with Crippen molar-refractivity contribution in [2.24, 2.45) is 0 Å². The molecule has 0 aromatic heterocycles. The number of aryl methyl sites for hydroxylation is 3. The number of rotatable bonds is 3. The average molecular weight is 402 g/mol. The van der Waals surface area contributed by atoms with Crippen molar-refractivity contribution in [3.8, 4) is 17.2 Å². The lowest BCUT2D eigenvalue weighted by Crippen LogP contribution is -1.79. The Bertz CT molecular complexity index is 1110. The van der Waals surface area contributed by atoms with Gasteiger partial charge < -0.3 is 0 Å². The van der Waals surface area contributed by atoms with Crippen molar-refractivity contribution in [3.05, 3.63) is 130 Å². The van der Waals surface area contributed by atoms with Crippen molar-refractivity contribution in [2.45, 2.75) is 20.8 Å². The van der Waals surface area contributed by atoms with Gasteiger partial charge in [-0.3, -0.25) is 0 Å². The zero-order valence-corrected chi connectivity index (χ0v) is 18.3. The molecule has 0 N–H and O–H groups in total. The zero-order valence-electron chi connectivity index (χ0n) is 18.3. The van der Waals surface area contributed by atoms with Crippen molar-refractivity contribution in [3.63, 3.8) is 0 Å². The fourth-order valence-corrected chi connectivity index (χ4v) is 3.03. The van der Waals surface area contributed by atoms with Crippen molar-refractivity contribution >= 4 is 12.2 Å². The number of hydrogen-bond acceptors (Lipinski definition) is 1. The van der Waals surface area contributed by atoms with E-state index in [1.54, 1.807) is 0 Å². The van der Waals surface area contributed by atoms with E-state index in [0.717, 1.165) is 5.56 Å². The SMILES string of the molecule is Cc1ccc(-c2ccc(C#N)cc2)cc1.Cc1ccc(/C=C/c2ccc(C)cc2)cc1. The lowest BCUT2D eigenvalue weighted by molar-refractivity contribution is 1.46. The summed E-state index contributed by atoms with van der Waals surface area (Å²) in [7, 11) is 0. The molecule has 0 amide bonds. The van der Waals surface area contributed by atoms with Crippen LogP contribution in [0, 0.1) is 32.1 Å². The summed E-state index contributed by atoms with van der Waals surface area (Å²) in [6.07, 6.45) is 4.29. The van der Waals surface area contributed by atoms with Gasteiger partial charge in [-0.05, 0) is 55.2 Å². The van der Waals surface area contributed by atoms with Crippen LogP contribution in [0.3, 0.4) is 0 Å². The van der Waals surface area contributed by atoms with Crippen LogP contribution < -0.4 is 0 Å². The first-order chi connectivity index (χ1) is 15.0. The van der Waals surface area contributed by atoms with Gasteiger partial charge in [0, 0.05) is 0 Å². The van der Waals surface area contributed by atoms with Gasteiger partial charge in [-0.2, -0.15) is 5.26 Å². The average Bonchev–Trinajstić information content (AvgIpc) is 2.81. The first-order valence-electron chi connectivity index (χ1n) is 10.4. The Morgan fingerprint density at radius 2 is 0.806 bits per heavy atom. The maximum absolute atomic E-state index is 8.69. The second-order valence-corrected chi connectivity index (χ2v) is 7.71. The van der Waals surface area contributed by atoms with Gasteiger partial charge in [0.05, 0.1) is 11.6 Å². The fourth-order valence-electron chi connectivity index (χ4n) is 3.03. The third-order valence-corrected chi connectivity index (χ3v) is 5.02. The summed E-state index contributed by atoms with van der Waals surface area (Å²) in [4.78, 5) is 0. The highest BCUT2D eigenvalue weighted by atomic mass is 14.2. The van der Waals surface area contributed by atoms with Gasteiger partial charge in [0.2, 0.25) is 0 Å². The highest BCUT2D eigenvalue weighted by Crippen LogP contribution is 2.20. The number of nitrogens with zero attached hydrogens (tertiary/aromatic N) is 1. The molecule has 4 rings (SSSR count). The summed E-state index contributed by atoms with van der Waals surface area (Å²) >= 11 is 0. The molecule has 0 spiro atoms. The van der Waals surface area contributed by atoms with E-state index in [-0.39, 0.29) is 0 Å². The Hall–Kier alpha value is -3.89. The maximum Gasteiger partial charge on any atom is 0.0991 e. The largest absolute Gasteiger partial charge is 0.192 e. The normalized spacial score (nSPS) is 10.3. The molecule has 0 bridgehead atoms. The quantitative estimate of drug-likeness (QED) is 0.319. The summed E-state index contributed by atoms with van der Waals surface area (Å²) < 4.78 is 0. The molecular weight excluding hydrogens is 374 g/mol. The van der Waals surface area contributed by atoms with E-state index in [1.165, 1.54) is 33.4 Å². The monoisotopic (exact) mass is 401 g/mol. The van der Waals surface area contributed by atoms with E-state index in [9.17, 15) is 0 Å². The van der Waals surface area contributed by atoms with Gasteiger partial charge >= 0.3 is 0 Å². The van der Waals surface area contributed by atoms with Gasteiger partial charge in [-0.1, -0.05) is 114 Å². The molecular formula is C30H27N. The van der Waals surface area contributed by atoms with Crippen LogP contribution in [-0.2, 0) is 0 Å². The number of nitriles is 1. The third kappa shape index (κ3) is 6.84. The van der Waals surface area contributed by atoms with E-state index in [2.05, 4.69) is 112 Å². The van der Waals surface area contributed by atoms with Crippen LogP contribution in [0.4, 0.5) is 0 Å². The molecule has 0 aliphatic rings. The van der Waals surface area contributed by atoms with Gasteiger partial charge in [0.15, 0.2) is 0 Å². The molecule has 0 saturated carbocycles. The zero-order chi connectivity index (χ0) is 22.1. The molecule has 0 aliphatic carbocycles. The highest BCUT2D eigenvalue weighted by molar-refractivity contribution is 5.69. The molecule has 0 fully saturated rings. The number of benzene rings is 4. The van der Waals surface area contributed by atoms with E-state index < -0.39 is 0 Å². The molecule has 4 aromatic rings. The van der Waals surface area contributed by atoms with Crippen LogP contribution in [0.2, 0.25) is 0 Å². The highest BCUT2D eigenvalue weighted by Gasteiger charge is 1.97. The van der Waals surface area contributed by atoms with E-state index in [1.807, 2.05) is 24.3 Å². The molecule has 0 heterocycles. The van der Waals surface area contributed by atoms with Crippen molar-refractivity contribution in [1.29, 1.82) is 5.26 Å². The predicted octanol–water partition coefficient (Wildman–Crippen LogP) is 8.01. The Kier molecular flexibility index (Phi) is 7.57. The predicted molar refractivity (Wildman–Crippen MR) is 133 cm³/mol. The van der Waals surface area contributed by atoms with Crippen molar-refractivity contribution in [2.75, 3.05) is 0 Å². The fraction of sp³-hybridized carbons (Fsp3) is 0.100. The smallest absolute Gasteiger partial charge is 0.0991 e. The summed E-state index contributed by atoms with van der Waals surface area (Å²) in [6, 6.07) is 35.2. The molecule has 1 heteroatoms. The summed E-state index contributed by atoms with van der Waals surface area (Å²) in [5.74, 6) is 0. The minimum atomic E-state index is 0.700. The Balaban J connectivity index is 0.000000176. The lowest BCUT2D eigenvalue weighted by atomic mass is 10.0. The molecule has 0 unspecified atom stereocenters. The standard InChI is InChI=1S/C16H16.C14H11N/c1-13-3-7-15(8-4-13)11-12-16-9-5-14(2)6-10-16;1-11-2-6-13(7-3-11)14-8-4-12(10-15)5-9-14/h3-12H,1-2H3;2-9H,1H3/b12-11+;. The Morgan fingerprint density at radius 1 is 0.484 bits per heavy atom. The molecule has 4 aromatic carbocycles. The summed E-state index contributed by atoms with van der Waals surface area (Å²) in [6.45, 7) is 6.28. The second kappa shape index (κ2) is 10.8. The minimum absolute atomic E-state index is 0.700. The Morgan fingerprint density at radius 3 is 1.16 bits per heavy atom. The van der Waals surface area contributed by atoms with Crippen LogP contribution in [0.5, 0.6) is 0 Å². The van der Waals surface area contributed by atoms with Crippen LogP contribution in [0.1, 0.15) is 33.4 Å². The van der Waals surface area contributed by atoms with Gasteiger partial charge in [0.25, 0.3) is 0 Å². The molecule has 152 valence electrons. The van der Waals surface area contributed by atoms with Crippen molar-refractivity contribution < 1.29 is 0 Å². The molecule has 0 aliphatic heterocycles. The Labute approximate surface area is 186 Å². The first-order valence-corrected chi connectivity index (χ1v) is 10.4. The van der Waals surface area contributed by atoms with E-state index in [0.29, 0.717) is 5.56 Å². The van der Waals surface area contributed by atoms with Gasteiger partial charge in [-0.25, -0.2) is 0 Å². The lowest BCUT2D eigenvalue weighted by Gasteiger charge is -2.01. The third-order valence-electron chi connectivity index (χ3n) is 5.02. The molecule has 0 saturated heterocycles. The van der Waals surface area contributed by atoms with Crippen LogP contribution in [0.25, 0.3) is 23.3 Å². The maximum atomic E-state index is 8.69. The molecule has 1 nitrogen and oxygen atoms in total. The summed E-state index contributed by atoms with van der Waals surface area (Å²) in [5.41, 5.74) is 9.37. The van der Waals surface area contributed by atoms with Crippen LogP contribution >= 0.6 is 0 Å². The topological polar surface area (TPSA) is 23.8 Å². The summed E-state index contributed by atoms with van der Waals surface area (Å²) in [5, 5.41) is 8.69. The first kappa shape index (κ1) is 21.8. The molecule has 31 heavy (non-hydrogen) atoms. The van der Waals surface area contributed by atoms with Gasteiger partial charge in [-0.15, -0.1) is 0 Å². The van der Waals surface area contributed by atoms with Crippen molar-refractivity contribution in [1.82, 2.24) is 0 Å². The van der Waals surface area contributed by atoms with E-state index >= 15 is 0 Å². The molecule has 0 atom stereocenters. The van der Waals surface area contributed by atoms with E-state index in [4.69, 9.17) is 5.26 Å². The second-order valence-electron chi connectivity index (χ2n) is 7.71. The van der Waals surface area contributed by atoms with Crippen LogP contribution in [0.15, 0.2) is 97.1 Å². The number of hydrogen-bond donors (Lipinski definition) is 0. The van der Waals surface area contributed by atoms with Crippen LogP contribution in [-0.4, -0.2) is 0 Å². The minimum Gasteiger partial charge on any atom is -0.192 e. The van der Waals surface area contributed by atoms with Gasteiger partial charge in [0.1, 0.15) is 0 Å². The molecule has 0 radical (unpaired) electrons.